The summed E-state index contributed by atoms with van der Waals surface area (Å²) in [7, 11) is -1.49. The highest BCUT2D eigenvalue weighted by Gasteiger charge is 2.47. The van der Waals surface area contributed by atoms with Gasteiger partial charge in [0.15, 0.2) is 0 Å². The van der Waals surface area contributed by atoms with Gasteiger partial charge in [-0.2, -0.15) is 0 Å². The van der Waals surface area contributed by atoms with E-state index in [2.05, 4.69) is 197 Å². The summed E-state index contributed by atoms with van der Waals surface area (Å²) in [5, 5.41) is 4.29. The average molecular weight is 785 g/mol. The van der Waals surface area contributed by atoms with E-state index in [9.17, 15) is 0 Å². The molecule has 0 saturated heterocycles. The SMILES string of the molecule is Cc1cc2c3c(c1)N(c1ccc([Si](C)(C)C)cc1)c1sc4cc5c(cc4c1B3c1cc(C(C)(C)C)ccc1N2c1ccc(C(C)(C)C)cc1)C(C)(C)CCC5(C)C. The number of thiophene rings is 1. The molecule has 0 spiro atoms. The van der Waals surface area contributed by atoms with Crippen LogP contribution in [0, 0.1) is 6.92 Å². The van der Waals surface area contributed by atoms with E-state index in [-0.39, 0.29) is 28.4 Å². The first-order valence-electron chi connectivity index (χ1n) is 21.3. The van der Waals surface area contributed by atoms with Crippen LogP contribution in [0.5, 0.6) is 0 Å². The number of nitrogens with zero attached hydrogens (tertiary/aromatic N) is 2. The Balaban J connectivity index is 1.40. The lowest BCUT2D eigenvalue weighted by molar-refractivity contribution is 0.332. The molecule has 1 aromatic heterocycles. The molecule has 0 bridgehead atoms. The van der Waals surface area contributed by atoms with E-state index in [0.717, 1.165) is 0 Å². The second-order valence-corrected chi connectivity index (χ2v) is 28.0. The molecule has 0 unspecified atom stereocenters. The van der Waals surface area contributed by atoms with Gasteiger partial charge in [-0.3, -0.25) is 0 Å². The standard InChI is InChI=1S/C52H61BN2SSi/c1-32-27-43-47-44(28-32)55(36-20-22-37(23-21-36)57(12,13)14)48-46(38-30-39-40(31-45(38)56-48)52(10,11)26-25-51(39,8)9)53(47)41-29-34(50(5,6)7)17-24-42(41)54(43)35-18-15-33(16-19-35)49(2,3)4/h15-24,27-31H,25-26H2,1-14H3. The Morgan fingerprint density at radius 2 is 1.12 bits per heavy atom. The first kappa shape index (κ1) is 38.5. The molecule has 5 aromatic carbocycles. The molecule has 9 rings (SSSR count). The van der Waals surface area contributed by atoms with E-state index in [0.29, 0.717) is 0 Å². The molecule has 0 N–H and O–H groups in total. The molecule has 0 radical (unpaired) electrons. The Hall–Kier alpha value is -4.06. The number of hydrogen-bond acceptors (Lipinski definition) is 3. The van der Waals surface area contributed by atoms with Gasteiger partial charge in [-0.25, -0.2) is 0 Å². The Kier molecular flexibility index (Phi) is 8.42. The highest BCUT2D eigenvalue weighted by Crippen LogP contribution is 2.52. The Bertz CT molecular complexity index is 2590. The summed E-state index contributed by atoms with van der Waals surface area (Å²) in [6.07, 6.45) is 2.42. The molecule has 6 aromatic rings. The summed E-state index contributed by atoms with van der Waals surface area (Å²) >= 11 is 2.01. The molecule has 0 atom stereocenters. The van der Waals surface area contributed by atoms with Crippen LogP contribution in [0.25, 0.3) is 10.1 Å². The predicted molar refractivity (Wildman–Crippen MR) is 256 cm³/mol. The van der Waals surface area contributed by atoms with Gasteiger partial charge in [0.1, 0.15) is 0 Å². The monoisotopic (exact) mass is 784 g/mol. The van der Waals surface area contributed by atoms with Crippen LogP contribution in [0.15, 0.2) is 91.0 Å². The van der Waals surface area contributed by atoms with Crippen LogP contribution in [0.4, 0.5) is 33.4 Å². The molecule has 2 nitrogen and oxygen atoms in total. The Morgan fingerprint density at radius 1 is 0.596 bits per heavy atom. The van der Waals surface area contributed by atoms with E-state index in [1.54, 1.807) is 0 Å². The zero-order valence-electron chi connectivity index (χ0n) is 37.0. The first-order valence-corrected chi connectivity index (χ1v) is 25.6. The minimum atomic E-state index is -1.49. The van der Waals surface area contributed by atoms with Crippen molar-refractivity contribution in [3.8, 4) is 0 Å². The van der Waals surface area contributed by atoms with Gasteiger partial charge in [-0.1, -0.05) is 130 Å². The highest BCUT2D eigenvalue weighted by atomic mass is 32.1. The third kappa shape index (κ3) is 6.08. The number of aryl methyl sites for hydroxylation is 1. The quantitative estimate of drug-likeness (QED) is 0.165. The fraction of sp³-hybridized carbons (Fsp3) is 0.385. The lowest BCUT2D eigenvalue weighted by atomic mass is 9.33. The van der Waals surface area contributed by atoms with Crippen LogP contribution < -0.4 is 31.4 Å². The summed E-state index contributed by atoms with van der Waals surface area (Å²) in [6, 6.07) is 36.6. The Labute approximate surface area is 348 Å². The minimum absolute atomic E-state index is 0.0115. The minimum Gasteiger partial charge on any atom is -0.311 e. The smallest absolute Gasteiger partial charge is 0.254 e. The first-order chi connectivity index (χ1) is 26.5. The van der Waals surface area contributed by atoms with Crippen LogP contribution in [-0.2, 0) is 21.7 Å². The summed E-state index contributed by atoms with van der Waals surface area (Å²) in [4.78, 5) is 5.22. The molecule has 57 heavy (non-hydrogen) atoms. The topological polar surface area (TPSA) is 6.48 Å². The second-order valence-electron chi connectivity index (χ2n) is 21.9. The molecule has 3 heterocycles. The van der Waals surface area contributed by atoms with Crippen molar-refractivity contribution in [3.63, 3.8) is 0 Å². The summed E-state index contributed by atoms with van der Waals surface area (Å²) < 4.78 is 1.41. The van der Waals surface area contributed by atoms with Crippen molar-refractivity contribution in [2.45, 2.75) is 130 Å². The van der Waals surface area contributed by atoms with Gasteiger partial charge in [0, 0.05) is 33.1 Å². The maximum atomic E-state index is 2.65. The third-order valence-corrected chi connectivity index (χ3v) is 16.9. The van der Waals surface area contributed by atoms with Crippen LogP contribution in [0.2, 0.25) is 19.6 Å². The van der Waals surface area contributed by atoms with Crippen molar-refractivity contribution in [3.05, 3.63) is 119 Å². The van der Waals surface area contributed by atoms with Gasteiger partial charge in [-0.05, 0) is 146 Å². The molecule has 292 valence electrons. The maximum Gasteiger partial charge on any atom is 0.254 e. The summed E-state index contributed by atoms with van der Waals surface area (Å²) in [5.41, 5.74) is 18.1. The van der Waals surface area contributed by atoms with Crippen LogP contribution in [0.1, 0.15) is 110 Å². The Morgan fingerprint density at radius 3 is 1.70 bits per heavy atom. The van der Waals surface area contributed by atoms with E-state index in [1.165, 1.54) is 106 Å². The van der Waals surface area contributed by atoms with Crippen molar-refractivity contribution in [1.29, 1.82) is 0 Å². The molecule has 3 aliphatic rings. The van der Waals surface area contributed by atoms with Gasteiger partial charge < -0.3 is 9.80 Å². The summed E-state index contributed by atoms with van der Waals surface area (Å²) in [6.45, 7) is 33.6. The third-order valence-electron chi connectivity index (χ3n) is 13.7. The molecule has 0 fully saturated rings. The fourth-order valence-corrected chi connectivity index (χ4v) is 12.4. The molecule has 1 aliphatic carbocycles. The number of hydrogen-bond donors (Lipinski definition) is 0. The van der Waals surface area contributed by atoms with Crippen LogP contribution >= 0.6 is 11.3 Å². The molecule has 0 saturated carbocycles. The van der Waals surface area contributed by atoms with Crippen molar-refractivity contribution in [2.75, 3.05) is 9.80 Å². The van der Waals surface area contributed by atoms with E-state index >= 15 is 0 Å². The number of anilines is 6. The second kappa shape index (κ2) is 12.5. The molecule has 5 heteroatoms. The average Bonchev–Trinajstić information content (AvgIpc) is 3.50. The van der Waals surface area contributed by atoms with Crippen molar-refractivity contribution in [2.24, 2.45) is 0 Å². The van der Waals surface area contributed by atoms with Crippen molar-refractivity contribution in [1.82, 2.24) is 0 Å². The molecular weight excluding hydrogens is 724 g/mol. The van der Waals surface area contributed by atoms with Gasteiger partial charge in [-0.15, -0.1) is 11.3 Å². The lowest BCUT2D eigenvalue weighted by Crippen LogP contribution is -2.61. The molecular formula is C52H61BN2SSi. The lowest BCUT2D eigenvalue weighted by Gasteiger charge is -2.44. The number of benzene rings is 5. The highest BCUT2D eigenvalue weighted by molar-refractivity contribution is 7.26. The van der Waals surface area contributed by atoms with Crippen LogP contribution in [0.3, 0.4) is 0 Å². The summed E-state index contributed by atoms with van der Waals surface area (Å²) in [5.74, 6) is 0. The van der Waals surface area contributed by atoms with Gasteiger partial charge in [0.05, 0.1) is 13.1 Å². The molecule has 0 amide bonds. The van der Waals surface area contributed by atoms with Crippen molar-refractivity contribution < 1.29 is 0 Å². The fourth-order valence-electron chi connectivity index (χ4n) is 9.94. The zero-order chi connectivity index (χ0) is 40.8. The van der Waals surface area contributed by atoms with E-state index in [1.807, 2.05) is 11.3 Å². The number of fused-ring (bicyclic) bond motifs is 7. The van der Waals surface area contributed by atoms with E-state index in [4.69, 9.17) is 0 Å². The maximum absolute atomic E-state index is 2.65. The van der Waals surface area contributed by atoms with Crippen LogP contribution in [-0.4, -0.2) is 14.8 Å². The van der Waals surface area contributed by atoms with Crippen molar-refractivity contribution >= 4 is 91.2 Å². The van der Waals surface area contributed by atoms with Gasteiger partial charge >= 0.3 is 0 Å². The predicted octanol–water partition coefficient (Wildman–Crippen LogP) is 12.8. The zero-order valence-corrected chi connectivity index (χ0v) is 38.8. The molecule has 2 aliphatic heterocycles. The number of rotatable bonds is 3. The van der Waals surface area contributed by atoms with Gasteiger partial charge in [0.25, 0.3) is 6.71 Å². The van der Waals surface area contributed by atoms with Gasteiger partial charge in [0.2, 0.25) is 0 Å². The normalized spacial score (nSPS) is 17.0. The largest absolute Gasteiger partial charge is 0.311 e. The van der Waals surface area contributed by atoms with E-state index < -0.39 is 8.07 Å².